The lowest BCUT2D eigenvalue weighted by Gasteiger charge is -2.27. The van der Waals surface area contributed by atoms with Crippen LogP contribution in [0, 0.1) is 6.92 Å². The summed E-state index contributed by atoms with van der Waals surface area (Å²) in [6.45, 7) is 2.30. The zero-order chi connectivity index (χ0) is 15.1. The molecule has 0 saturated heterocycles. The van der Waals surface area contributed by atoms with Crippen LogP contribution in [0.15, 0.2) is 24.3 Å². The van der Waals surface area contributed by atoms with Crippen molar-refractivity contribution in [2.75, 3.05) is 0 Å². The van der Waals surface area contributed by atoms with Crippen molar-refractivity contribution in [2.45, 2.75) is 58.3 Å². The molecule has 0 heterocycles. The Bertz CT molecular complexity index is 664. The Morgan fingerprint density at radius 1 is 0.682 bits per heavy atom. The van der Waals surface area contributed by atoms with E-state index in [4.69, 9.17) is 0 Å². The topological polar surface area (TPSA) is 0 Å². The van der Waals surface area contributed by atoms with Crippen LogP contribution >= 0.6 is 9.24 Å². The molecule has 0 amide bonds. The van der Waals surface area contributed by atoms with E-state index in [0.29, 0.717) is 0 Å². The van der Waals surface area contributed by atoms with E-state index in [9.17, 15) is 0 Å². The van der Waals surface area contributed by atoms with Gasteiger partial charge in [0.1, 0.15) is 0 Å². The van der Waals surface area contributed by atoms with Crippen LogP contribution in [0.5, 0.6) is 0 Å². The van der Waals surface area contributed by atoms with Gasteiger partial charge in [-0.1, -0.05) is 24.3 Å². The van der Waals surface area contributed by atoms with Gasteiger partial charge < -0.3 is 0 Å². The highest BCUT2D eigenvalue weighted by Gasteiger charge is 2.22. The summed E-state index contributed by atoms with van der Waals surface area (Å²) >= 11 is 0. The minimum Gasteiger partial charge on any atom is -0.105 e. The summed E-state index contributed by atoms with van der Waals surface area (Å²) in [7, 11) is 3.01. The van der Waals surface area contributed by atoms with Crippen LogP contribution in [0.1, 0.15) is 53.5 Å². The minimum absolute atomic E-state index is 1.26. The molecule has 0 saturated carbocycles. The molecular weight excluding hydrogens is 283 g/mol. The Balaban J connectivity index is 2.00. The van der Waals surface area contributed by atoms with E-state index >= 15 is 0 Å². The van der Waals surface area contributed by atoms with Crippen molar-refractivity contribution in [2.24, 2.45) is 0 Å². The summed E-state index contributed by atoms with van der Waals surface area (Å²) in [5.41, 5.74) is 11.1. The molecule has 1 atom stereocenters. The van der Waals surface area contributed by atoms with Gasteiger partial charge in [-0.15, -0.1) is 9.24 Å². The maximum Gasteiger partial charge on any atom is -0.00719 e. The fourth-order valence-corrected chi connectivity index (χ4v) is 4.85. The summed E-state index contributed by atoms with van der Waals surface area (Å²) in [6.07, 6.45) is 10.5. The molecular formula is C21H25P. The Morgan fingerprint density at radius 2 is 1.23 bits per heavy atom. The van der Waals surface area contributed by atoms with Crippen molar-refractivity contribution in [1.29, 1.82) is 0 Å². The summed E-state index contributed by atoms with van der Waals surface area (Å²) in [4.78, 5) is 0. The molecule has 0 spiro atoms. The summed E-state index contributed by atoms with van der Waals surface area (Å²) in [6, 6.07) is 9.42. The molecule has 0 N–H and O–H groups in total. The average molecular weight is 308 g/mol. The van der Waals surface area contributed by atoms with Gasteiger partial charge >= 0.3 is 0 Å². The Hall–Kier alpha value is -1.13. The first-order chi connectivity index (χ1) is 10.8. The van der Waals surface area contributed by atoms with E-state index in [2.05, 4.69) is 40.4 Å². The third kappa shape index (κ3) is 2.33. The van der Waals surface area contributed by atoms with Crippen LogP contribution in [0.2, 0.25) is 0 Å². The largest absolute Gasteiger partial charge is 0.105 e. The maximum atomic E-state index is 3.01. The van der Waals surface area contributed by atoms with E-state index in [0.717, 1.165) is 0 Å². The van der Waals surface area contributed by atoms with Gasteiger partial charge in [0.2, 0.25) is 0 Å². The monoisotopic (exact) mass is 308 g/mol. The third-order valence-corrected chi connectivity index (χ3v) is 6.04. The molecule has 2 aromatic carbocycles. The molecule has 4 rings (SSSR count). The summed E-state index contributed by atoms with van der Waals surface area (Å²) in [5.74, 6) is 0. The van der Waals surface area contributed by atoms with E-state index in [1.165, 1.54) is 62.2 Å². The Kier molecular flexibility index (Phi) is 3.82. The Labute approximate surface area is 136 Å². The number of rotatable bonds is 1. The molecule has 1 heteroatoms. The van der Waals surface area contributed by atoms with Crippen molar-refractivity contribution in [1.82, 2.24) is 0 Å². The SMILES string of the molecule is Cc1ccc2c(c1-c1c(P)ccc3c1CCCC3)CCCC2. The number of hydrogen-bond donors (Lipinski definition) is 0. The highest BCUT2D eigenvalue weighted by atomic mass is 31.0. The minimum atomic E-state index is 1.26. The van der Waals surface area contributed by atoms with Crippen LogP contribution in [-0.2, 0) is 25.7 Å². The molecule has 0 radical (unpaired) electrons. The van der Waals surface area contributed by atoms with E-state index in [1.807, 2.05) is 0 Å². The molecule has 114 valence electrons. The zero-order valence-electron chi connectivity index (χ0n) is 13.5. The second-order valence-electron chi connectivity index (χ2n) is 6.98. The zero-order valence-corrected chi connectivity index (χ0v) is 14.7. The van der Waals surface area contributed by atoms with Gasteiger partial charge in [0.15, 0.2) is 0 Å². The van der Waals surface area contributed by atoms with E-state index in [1.54, 1.807) is 33.4 Å². The van der Waals surface area contributed by atoms with Crippen molar-refractivity contribution in [3.63, 3.8) is 0 Å². The summed E-state index contributed by atoms with van der Waals surface area (Å²) in [5, 5.41) is 1.39. The molecule has 0 aromatic heterocycles. The lowest BCUT2D eigenvalue weighted by Crippen LogP contribution is -2.14. The van der Waals surface area contributed by atoms with Crippen LogP contribution < -0.4 is 5.30 Å². The summed E-state index contributed by atoms with van der Waals surface area (Å²) < 4.78 is 0. The van der Waals surface area contributed by atoms with Crippen LogP contribution in [0.3, 0.4) is 0 Å². The van der Waals surface area contributed by atoms with Gasteiger partial charge in [0, 0.05) is 0 Å². The number of fused-ring (bicyclic) bond motifs is 2. The lowest BCUT2D eigenvalue weighted by molar-refractivity contribution is 0.681. The number of aryl methyl sites for hydroxylation is 3. The molecule has 0 bridgehead atoms. The highest BCUT2D eigenvalue weighted by molar-refractivity contribution is 7.28. The van der Waals surface area contributed by atoms with Gasteiger partial charge in [-0.05, 0) is 103 Å². The van der Waals surface area contributed by atoms with E-state index < -0.39 is 0 Å². The van der Waals surface area contributed by atoms with Gasteiger partial charge in [-0.25, -0.2) is 0 Å². The van der Waals surface area contributed by atoms with Crippen LogP contribution in [-0.4, -0.2) is 0 Å². The molecule has 2 aromatic rings. The first kappa shape index (κ1) is 14.5. The average Bonchev–Trinajstić information content (AvgIpc) is 2.56. The molecule has 22 heavy (non-hydrogen) atoms. The molecule has 0 nitrogen and oxygen atoms in total. The van der Waals surface area contributed by atoms with Crippen molar-refractivity contribution < 1.29 is 0 Å². The second-order valence-corrected chi connectivity index (χ2v) is 7.60. The van der Waals surface area contributed by atoms with Gasteiger partial charge in [0.25, 0.3) is 0 Å². The molecule has 1 unspecified atom stereocenters. The van der Waals surface area contributed by atoms with Crippen molar-refractivity contribution in [3.8, 4) is 11.1 Å². The molecule has 2 aliphatic carbocycles. The van der Waals surface area contributed by atoms with Gasteiger partial charge in [-0.2, -0.15) is 0 Å². The van der Waals surface area contributed by atoms with Crippen LogP contribution in [0.25, 0.3) is 11.1 Å². The normalized spacial score (nSPS) is 17.0. The third-order valence-electron chi connectivity index (χ3n) is 5.56. The van der Waals surface area contributed by atoms with Crippen molar-refractivity contribution >= 4 is 14.5 Å². The van der Waals surface area contributed by atoms with Crippen LogP contribution in [0.4, 0.5) is 0 Å². The number of benzene rings is 2. The molecule has 2 aliphatic rings. The smallest absolute Gasteiger partial charge is 0.00719 e. The fourth-order valence-electron chi connectivity index (χ4n) is 4.43. The second kappa shape index (κ2) is 5.82. The van der Waals surface area contributed by atoms with E-state index in [-0.39, 0.29) is 0 Å². The van der Waals surface area contributed by atoms with Gasteiger partial charge in [0.05, 0.1) is 0 Å². The fraction of sp³-hybridized carbons (Fsp3) is 0.429. The Morgan fingerprint density at radius 3 is 1.91 bits per heavy atom. The highest BCUT2D eigenvalue weighted by Crippen LogP contribution is 2.38. The molecule has 0 aliphatic heterocycles. The quantitative estimate of drug-likeness (QED) is 0.656. The lowest BCUT2D eigenvalue weighted by atomic mass is 9.79. The first-order valence-corrected chi connectivity index (χ1v) is 9.35. The molecule has 0 fully saturated rings. The standard InChI is InChI=1S/C21H25P/c1-14-10-11-15-6-2-4-8-17(15)20(14)21-18-9-5-3-7-16(18)12-13-19(21)22/h10-13H,2-9,22H2,1H3. The predicted molar refractivity (Wildman–Crippen MR) is 99.2 cm³/mol. The predicted octanol–water partition coefficient (Wildman–Crippen LogP) is 4.92. The first-order valence-electron chi connectivity index (χ1n) is 8.77. The maximum absolute atomic E-state index is 3.01. The number of hydrogen-bond acceptors (Lipinski definition) is 0. The van der Waals surface area contributed by atoms with Crippen molar-refractivity contribution in [3.05, 3.63) is 52.1 Å². The van der Waals surface area contributed by atoms with Gasteiger partial charge in [-0.3, -0.25) is 0 Å².